The molecule has 1 aromatic rings. The Morgan fingerprint density at radius 3 is 2.22 bits per heavy atom. The van der Waals surface area contributed by atoms with Crippen LogP contribution in [-0.4, -0.2) is 23.7 Å². The Hall–Kier alpha value is -0.470. The lowest BCUT2D eigenvalue weighted by atomic mass is 9.83. The van der Waals surface area contributed by atoms with Gasteiger partial charge in [0.05, 0.1) is 12.5 Å². The number of hydrogen-bond donors (Lipinski definition) is 1. The topological polar surface area (TPSA) is 20.2 Å². The molecule has 1 saturated carbocycles. The van der Waals surface area contributed by atoms with Crippen LogP contribution in [0.4, 0.5) is 0 Å². The van der Waals surface area contributed by atoms with Crippen molar-refractivity contribution in [2.45, 2.75) is 43.5 Å². The van der Waals surface area contributed by atoms with E-state index in [1.54, 1.807) is 0 Å². The van der Waals surface area contributed by atoms with E-state index in [9.17, 15) is 5.11 Å². The van der Waals surface area contributed by atoms with Crippen molar-refractivity contribution in [1.29, 1.82) is 0 Å². The zero-order chi connectivity index (χ0) is 13.0. The minimum Gasteiger partial charge on any atom is -0.387 e. The summed E-state index contributed by atoms with van der Waals surface area (Å²) in [6, 6.07) is 10.6. The average Bonchev–Trinajstić information content (AvgIpc) is 2.40. The fourth-order valence-corrected chi connectivity index (χ4v) is 4.60. The van der Waals surface area contributed by atoms with Crippen molar-refractivity contribution in [1.82, 2.24) is 0 Å². The number of hydrogen-bond acceptors (Lipinski definition) is 1. The van der Waals surface area contributed by atoms with Crippen LogP contribution in [0.25, 0.3) is 0 Å². The van der Waals surface area contributed by atoms with Crippen LogP contribution in [0.3, 0.4) is 0 Å². The first kappa shape index (κ1) is 14.0. The van der Waals surface area contributed by atoms with Crippen molar-refractivity contribution in [2.24, 2.45) is 5.92 Å². The third-order valence-electron chi connectivity index (χ3n) is 4.08. The fraction of sp³-hybridized carbons (Fsp3) is 0.625. The molecule has 0 spiro atoms. The summed E-state index contributed by atoms with van der Waals surface area (Å²) in [7, 11) is 0.214. The monoisotopic (exact) mass is 265 g/mol. The van der Waals surface area contributed by atoms with Crippen molar-refractivity contribution < 1.29 is 5.11 Å². The van der Waals surface area contributed by atoms with Gasteiger partial charge in [0.25, 0.3) is 0 Å². The highest BCUT2D eigenvalue weighted by atomic mass is 32.2. The SMILES string of the molecule is C[S+](C)[C@H](c1ccccc1)[C@H](O)C1CCCCC1. The Morgan fingerprint density at radius 1 is 1.06 bits per heavy atom. The maximum Gasteiger partial charge on any atom is 0.168 e. The molecule has 0 aromatic heterocycles. The van der Waals surface area contributed by atoms with Crippen LogP contribution in [0.15, 0.2) is 30.3 Å². The van der Waals surface area contributed by atoms with Crippen molar-refractivity contribution in [3.8, 4) is 0 Å². The minimum absolute atomic E-state index is 0.161. The van der Waals surface area contributed by atoms with Crippen LogP contribution in [0, 0.1) is 5.92 Å². The normalized spacial score (nSPS) is 20.9. The Morgan fingerprint density at radius 2 is 1.67 bits per heavy atom. The second-order valence-electron chi connectivity index (χ2n) is 5.60. The molecule has 1 aliphatic carbocycles. The molecule has 0 bridgehead atoms. The van der Waals surface area contributed by atoms with Crippen molar-refractivity contribution >= 4 is 10.9 Å². The summed E-state index contributed by atoms with van der Waals surface area (Å²) >= 11 is 0. The summed E-state index contributed by atoms with van der Waals surface area (Å²) in [6.45, 7) is 0. The molecule has 18 heavy (non-hydrogen) atoms. The van der Waals surface area contributed by atoms with Gasteiger partial charge >= 0.3 is 0 Å². The lowest BCUT2D eigenvalue weighted by Gasteiger charge is -2.30. The van der Waals surface area contributed by atoms with Crippen LogP contribution >= 0.6 is 0 Å². The first-order chi connectivity index (χ1) is 8.70. The van der Waals surface area contributed by atoms with Crippen LogP contribution in [-0.2, 0) is 10.9 Å². The van der Waals surface area contributed by atoms with Gasteiger partial charge in [-0.15, -0.1) is 0 Å². The van der Waals surface area contributed by atoms with Gasteiger partial charge in [0.15, 0.2) is 5.25 Å². The standard InChI is InChI=1S/C16H25OS/c1-18(2)16(14-11-7-4-8-12-14)15(17)13-9-5-3-6-10-13/h4,7-8,11-13,15-17H,3,5-6,9-10H2,1-2H3/q+1/t15-,16-/m1/s1. The molecule has 0 radical (unpaired) electrons. The lowest BCUT2D eigenvalue weighted by molar-refractivity contribution is 0.0819. The molecular weight excluding hydrogens is 240 g/mol. The van der Waals surface area contributed by atoms with Gasteiger partial charge in [-0.05, 0) is 29.7 Å². The van der Waals surface area contributed by atoms with Gasteiger partial charge in [-0.2, -0.15) is 0 Å². The minimum atomic E-state index is -0.161. The van der Waals surface area contributed by atoms with E-state index in [1.165, 1.54) is 37.7 Å². The average molecular weight is 265 g/mol. The van der Waals surface area contributed by atoms with Crippen LogP contribution in [0.2, 0.25) is 0 Å². The molecule has 2 heteroatoms. The van der Waals surface area contributed by atoms with E-state index in [0.29, 0.717) is 11.2 Å². The zero-order valence-corrected chi connectivity index (χ0v) is 12.3. The molecule has 0 heterocycles. The van der Waals surface area contributed by atoms with E-state index in [-0.39, 0.29) is 17.0 Å². The molecule has 0 saturated heterocycles. The highest BCUT2D eigenvalue weighted by molar-refractivity contribution is 7.95. The van der Waals surface area contributed by atoms with Gasteiger partial charge in [-0.25, -0.2) is 0 Å². The summed E-state index contributed by atoms with van der Waals surface area (Å²) < 4.78 is 0. The first-order valence-electron chi connectivity index (χ1n) is 6.99. The molecule has 1 fully saturated rings. The first-order valence-corrected chi connectivity index (χ1v) is 9.10. The smallest absolute Gasteiger partial charge is 0.168 e. The fourth-order valence-electron chi connectivity index (χ4n) is 3.11. The number of rotatable bonds is 4. The zero-order valence-electron chi connectivity index (χ0n) is 11.5. The third-order valence-corrected chi connectivity index (χ3v) is 5.65. The maximum atomic E-state index is 10.8. The van der Waals surface area contributed by atoms with Crippen LogP contribution in [0.5, 0.6) is 0 Å². The van der Waals surface area contributed by atoms with E-state index in [0.717, 1.165) is 0 Å². The van der Waals surface area contributed by atoms with Gasteiger partial charge in [-0.1, -0.05) is 49.6 Å². The molecule has 1 aromatic carbocycles. The maximum absolute atomic E-state index is 10.8. The molecule has 100 valence electrons. The molecule has 0 unspecified atom stereocenters. The predicted molar refractivity (Wildman–Crippen MR) is 81.0 cm³/mol. The van der Waals surface area contributed by atoms with Crippen molar-refractivity contribution in [3.63, 3.8) is 0 Å². The number of aliphatic hydroxyl groups is 1. The summed E-state index contributed by atoms with van der Waals surface area (Å²) in [4.78, 5) is 0. The molecule has 1 aliphatic rings. The Kier molecular flexibility index (Phi) is 5.13. The van der Waals surface area contributed by atoms with E-state index < -0.39 is 0 Å². The molecule has 2 atom stereocenters. The van der Waals surface area contributed by atoms with Gasteiger partial charge in [0.2, 0.25) is 0 Å². The highest BCUT2D eigenvalue weighted by Crippen LogP contribution is 2.36. The molecular formula is C16H25OS+. The summed E-state index contributed by atoms with van der Waals surface area (Å²) in [5.74, 6) is 0.513. The third kappa shape index (κ3) is 3.30. The largest absolute Gasteiger partial charge is 0.387 e. The molecule has 1 N–H and O–H groups in total. The van der Waals surface area contributed by atoms with Gasteiger partial charge in [-0.3, -0.25) is 0 Å². The Bertz CT molecular complexity index is 343. The molecule has 1 nitrogen and oxygen atoms in total. The van der Waals surface area contributed by atoms with E-state index in [2.05, 4.69) is 42.8 Å². The lowest BCUT2D eigenvalue weighted by Crippen LogP contribution is -2.33. The van der Waals surface area contributed by atoms with Gasteiger partial charge < -0.3 is 5.11 Å². The number of benzene rings is 1. The summed E-state index contributed by atoms with van der Waals surface area (Å²) in [5.41, 5.74) is 1.31. The van der Waals surface area contributed by atoms with Crippen molar-refractivity contribution in [2.75, 3.05) is 12.5 Å². The van der Waals surface area contributed by atoms with Crippen LogP contribution in [0.1, 0.15) is 42.9 Å². The van der Waals surface area contributed by atoms with Gasteiger partial charge in [0.1, 0.15) is 6.10 Å². The summed E-state index contributed by atoms with van der Waals surface area (Å²) in [5, 5.41) is 11.1. The van der Waals surface area contributed by atoms with Gasteiger partial charge in [0, 0.05) is 5.56 Å². The predicted octanol–water partition coefficient (Wildman–Crippen LogP) is 3.55. The highest BCUT2D eigenvalue weighted by Gasteiger charge is 2.37. The van der Waals surface area contributed by atoms with E-state index in [1.807, 2.05) is 0 Å². The second kappa shape index (κ2) is 6.63. The van der Waals surface area contributed by atoms with Crippen LogP contribution < -0.4 is 0 Å². The molecule has 0 aliphatic heterocycles. The quantitative estimate of drug-likeness (QED) is 0.826. The summed E-state index contributed by atoms with van der Waals surface area (Å²) in [6.07, 6.45) is 10.7. The Labute approximate surface area is 114 Å². The molecule has 0 amide bonds. The van der Waals surface area contributed by atoms with E-state index >= 15 is 0 Å². The second-order valence-corrected chi connectivity index (χ2v) is 7.87. The Balaban J connectivity index is 2.14. The number of aliphatic hydroxyl groups excluding tert-OH is 1. The van der Waals surface area contributed by atoms with Crippen molar-refractivity contribution in [3.05, 3.63) is 35.9 Å². The van der Waals surface area contributed by atoms with E-state index in [4.69, 9.17) is 0 Å². The molecule has 2 rings (SSSR count).